The van der Waals surface area contributed by atoms with Crippen molar-refractivity contribution < 1.29 is 23.1 Å². The highest BCUT2D eigenvalue weighted by Crippen LogP contribution is 2.38. The number of nitrogens with zero attached hydrogens (tertiary/aromatic N) is 1. The van der Waals surface area contributed by atoms with E-state index >= 15 is 0 Å². The molecule has 0 atom stereocenters. The molecule has 0 amide bonds. The SMILES string of the molecule is O=C(O)c1sc2ccc(C(F)(F)F)cc2c1-n1cccc1. The highest BCUT2D eigenvalue weighted by atomic mass is 32.1. The monoisotopic (exact) mass is 311 g/mol. The number of carbonyl (C=O) groups is 1. The van der Waals surface area contributed by atoms with Crippen molar-refractivity contribution in [3.05, 3.63) is 53.2 Å². The fraction of sp³-hybridized carbons (Fsp3) is 0.0714. The largest absolute Gasteiger partial charge is 0.477 e. The lowest BCUT2D eigenvalue weighted by Gasteiger charge is -2.08. The van der Waals surface area contributed by atoms with Crippen LogP contribution in [0.4, 0.5) is 13.2 Å². The summed E-state index contributed by atoms with van der Waals surface area (Å²) in [5.41, 5.74) is -0.531. The third kappa shape index (κ3) is 2.29. The van der Waals surface area contributed by atoms with E-state index in [0.717, 1.165) is 23.5 Å². The molecule has 0 unspecified atom stereocenters. The minimum Gasteiger partial charge on any atom is -0.477 e. The maximum atomic E-state index is 12.8. The normalized spacial score (nSPS) is 12.0. The van der Waals surface area contributed by atoms with Crippen LogP contribution < -0.4 is 0 Å². The highest BCUT2D eigenvalue weighted by molar-refractivity contribution is 7.21. The molecule has 0 aliphatic heterocycles. The Hall–Kier alpha value is -2.28. The van der Waals surface area contributed by atoms with Crippen LogP contribution in [-0.4, -0.2) is 15.6 Å². The Morgan fingerprint density at radius 2 is 1.86 bits per heavy atom. The van der Waals surface area contributed by atoms with Gasteiger partial charge in [0.2, 0.25) is 0 Å². The molecule has 0 saturated carbocycles. The number of aromatic carboxylic acids is 1. The molecule has 21 heavy (non-hydrogen) atoms. The van der Waals surface area contributed by atoms with E-state index in [1.54, 1.807) is 24.5 Å². The Kier molecular flexibility index (Phi) is 3.02. The van der Waals surface area contributed by atoms with Crippen molar-refractivity contribution in [1.29, 1.82) is 0 Å². The highest BCUT2D eigenvalue weighted by Gasteiger charge is 2.31. The molecule has 2 aromatic heterocycles. The minimum atomic E-state index is -4.46. The minimum absolute atomic E-state index is 0.0144. The van der Waals surface area contributed by atoms with E-state index in [4.69, 9.17) is 0 Å². The predicted octanol–water partition coefficient (Wildman–Crippen LogP) is 4.41. The Morgan fingerprint density at radius 3 is 2.43 bits per heavy atom. The van der Waals surface area contributed by atoms with Gasteiger partial charge < -0.3 is 9.67 Å². The van der Waals surface area contributed by atoms with Crippen molar-refractivity contribution in [2.75, 3.05) is 0 Å². The summed E-state index contributed by atoms with van der Waals surface area (Å²) < 4.78 is 40.5. The van der Waals surface area contributed by atoms with Gasteiger partial charge in [0.1, 0.15) is 4.88 Å². The second-order valence-corrected chi connectivity index (χ2v) is 5.44. The van der Waals surface area contributed by atoms with Crippen molar-refractivity contribution in [2.24, 2.45) is 0 Å². The van der Waals surface area contributed by atoms with Crippen LogP contribution in [0.1, 0.15) is 15.2 Å². The van der Waals surface area contributed by atoms with Gasteiger partial charge in [0.15, 0.2) is 0 Å². The first kappa shape index (κ1) is 13.7. The Balaban J connectivity index is 2.35. The zero-order chi connectivity index (χ0) is 15.2. The number of alkyl halides is 3. The van der Waals surface area contributed by atoms with Gasteiger partial charge in [-0.05, 0) is 30.3 Å². The molecule has 0 radical (unpaired) electrons. The van der Waals surface area contributed by atoms with Gasteiger partial charge in [-0.2, -0.15) is 13.2 Å². The van der Waals surface area contributed by atoms with Crippen molar-refractivity contribution in [1.82, 2.24) is 4.57 Å². The van der Waals surface area contributed by atoms with E-state index in [0.29, 0.717) is 4.70 Å². The molecule has 0 fully saturated rings. The van der Waals surface area contributed by atoms with Crippen molar-refractivity contribution in [3.8, 4) is 5.69 Å². The molecule has 2 heterocycles. The van der Waals surface area contributed by atoms with Crippen LogP contribution in [0.3, 0.4) is 0 Å². The first-order valence-electron chi connectivity index (χ1n) is 5.88. The molecular formula is C14H8F3NO2S. The predicted molar refractivity (Wildman–Crippen MR) is 73.1 cm³/mol. The molecule has 1 aromatic carbocycles. The topological polar surface area (TPSA) is 42.2 Å². The maximum absolute atomic E-state index is 12.8. The average molecular weight is 311 g/mol. The second-order valence-electron chi connectivity index (χ2n) is 4.38. The number of carboxylic acids is 1. The molecule has 3 rings (SSSR count). The standard InChI is InChI=1S/C14H8F3NO2S/c15-14(16,17)8-3-4-10-9(7-8)11(12(21-10)13(19)20)18-5-1-2-6-18/h1-7H,(H,19,20). The smallest absolute Gasteiger partial charge is 0.416 e. The van der Waals surface area contributed by atoms with Crippen molar-refractivity contribution in [3.63, 3.8) is 0 Å². The molecule has 0 saturated heterocycles. The van der Waals surface area contributed by atoms with E-state index in [2.05, 4.69) is 0 Å². The van der Waals surface area contributed by atoms with Crippen LogP contribution in [0.25, 0.3) is 15.8 Å². The number of hydrogen-bond donors (Lipinski definition) is 1. The number of hydrogen-bond acceptors (Lipinski definition) is 2. The molecule has 3 nitrogen and oxygen atoms in total. The van der Waals surface area contributed by atoms with Gasteiger partial charge in [-0.15, -0.1) is 11.3 Å². The lowest BCUT2D eigenvalue weighted by Crippen LogP contribution is -2.04. The van der Waals surface area contributed by atoms with Crippen molar-refractivity contribution in [2.45, 2.75) is 6.18 Å². The Labute approximate surface area is 120 Å². The first-order valence-corrected chi connectivity index (χ1v) is 6.70. The molecule has 7 heteroatoms. The van der Waals surface area contributed by atoms with Crippen LogP contribution in [0.2, 0.25) is 0 Å². The first-order chi connectivity index (χ1) is 9.88. The van der Waals surface area contributed by atoms with Gasteiger partial charge in [-0.1, -0.05) is 0 Å². The summed E-state index contributed by atoms with van der Waals surface area (Å²) in [6.45, 7) is 0. The van der Waals surface area contributed by atoms with Crippen LogP contribution in [-0.2, 0) is 6.18 Å². The zero-order valence-electron chi connectivity index (χ0n) is 10.4. The average Bonchev–Trinajstić information content (AvgIpc) is 3.03. The molecule has 0 bridgehead atoms. The van der Waals surface area contributed by atoms with Gasteiger partial charge in [-0.3, -0.25) is 0 Å². The molecule has 3 aromatic rings. The third-order valence-corrected chi connectivity index (χ3v) is 4.19. The molecule has 0 aliphatic rings. The number of aromatic nitrogens is 1. The van der Waals surface area contributed by atoms with Gasteiger partial charge in [0, 0.05) is 22.5 Å². The summed E-state index contributed by atoms with van der Waals surface area (Å²) in [4.78, 5) is 11.4. The lowest BCUT2D eigenvalue weighted by atomic mass is 10.1. The van der Waals surface area contributed by atoms with E-state index < -0.39 is 17.7 Å². The van der Waals surface area contributed by atoms with E-state index in [9.17, 15) is 23.1 Å². The number of halogens is 3. The number of carboxylic acid groups (broad SMARTS) is 1. The zero-order valence-corrected chi connectivity index (χ0v) is 11.2. The van der Waals surface area contributed by atoms with E-state index in [1.165, 1.54) is 10.6 Å². The van der Waals surface area contributed by atoms with Crippen molar-refractivity contribution >= 4 is 27.4 Å². The second kappa shape index (κ2) is 4.63. The van der Waals surface area contributed by atoms with Crippen LogP contribution in [0.5, 0.6) is 0 Å². The number of thiophene rings is 1. The van der Waals surface area contributed by atoms with E-state index in [-0.39, 0.29) is 16.0 Å². The Morgan fingerprint density at radius 1 is 1.19 bits per heavy atom. The van der Waals surface area contributed by atoms with Crippen LogP contribution >= 0.6 is 11.3 Å². The molecule has 0 aliphatic carbocycles. The van der Waals surface area contributed by atoms with Crippen LogP contribution in [0, 0.1) is 0 Å². The lowest BCUT2D eigenvalue weighted by molar-refractivity contribution is -0.137. The number of rotatable bonds is 2. The molecule has 0 spiro atoms. The summed E-state index contributed by atoms with van der Waals surface area (Å²) in [5, 5.41) is 9.55. The third-order valence-electron chi connectivity index (χ3n) is 3.05. The van der Waals surface area contributed by atoms with Crippen LogP contribution in [0.15, 0.2) is 42.7 Å². The van der Waals surface area contributed by atoms with Gasteiger partial charge in [-0.25, -0.2) is 4.79 Å². The maximum Gasteiger partial charge on any atom is 0.416 e. The van der Waals surface area contributed by atoms with Gasteiger partial charge >= 0.3 is 12.1 Å². The molecule has 1 N–H and O–H groups in total. The number of fused-ring (bicyclic) bond motifs is 1. The summed E-state index contributed by atoms with van der Waals surface area (Å²) in [7, 11) is 0. The summed E-state index contributed by atoms with van der Waals surface area (Å²) in [5.74, 6) is -1.16. The summed E-state index contributed by atoms with van der Waals surface area (Å²) >= 11 is 0.962. The summed E-state index contributed by atoms with van der Waals surface area (Å²) in [6.07, 6.45) is -1.25. The van der Waals surface area contributed by atoms with Gasteiger partial charge in [0.25, 0.3) is 0 Å². The van der Waals surface area contributed by atoms with E-state index in [1.807, 2.05) is 0 Å². The number of benzene rings is 1. The van der Waals surface area contributed by atoms with Gasteiger partial charge in [0.05, 0.1) is 11.3 Å². The Bertz CT molecular complexity index is 819. The fourth-order valence-electron chi connectivity index (χ4n) is 2.15. The fourth-order valence-corrected chi connectivity index (χ4v) is 3.17. The summed E-state index contributed by atoms with van der Waals surface area (Å²) in [6, 6.07) is 6.63. The molecular weight excluding hydrogens is 303 g/mol. The molecule has 108 valence electrons. The quantitative estimate of drug-likeness (QED) is 0.762.